The highest BCUT2D eigenvalue weighted by molar-refractivity contribution is 5.14. The van der Waals surface area contributed by atoms with E-state index >= 15 is 0 Å². The molecule has 0 radical (unpaired) electrons. The lowest BCUT2D eigenvalue weighted by Crippen LogP contribution is -3.21. The molecule has 1 saturated heterocycles. The molecule has 1 heterocycles. The Labute approximate surface area is 116 Å². The van der Waals surface area contributed by atoms with Crippen LogP contribution >= 0.6 is 0 Å². The Morgan fingerprint density at radius 3 is 2.55 bits per heavy atom. The van der Waals surface area contributed by atoms with Crippen molar-refractivity contribution >= 4 is 0 Å². The van der Waals surface area contributed by atoms with Gasteiger partial charge in [-0.1, -0.05) is 13.0 Å². The van der Waals surface area contributed by atoms with Gasteiger partial charge in [-0.25, -0.2) is 0 Å². The van der Waals surface area contributed by atoms with Crippen molar-refractivity contribution in [1.29, 1.82) is 0 Å². The maximum atomic E-state index is 11.5. The van der Waals surface area contributed by atoms with Crippen LogP contribution in [-0.2, 0) is 0 Å². The SMILES string of the molecule is CC[C@@H](CO)[NH+]1C[C@@]2([N+](=O)[O-])C=CC[C@@]([N+](=O)[O-])(C1)C2. The fraction of sp³-hybridized carbons (Fsp3) is 0.833. The number of nitrogens with one attached hydrogen (secondary N) is 1. The molecule has 0 aromatic carbocycles. The molecule has 2 aliphatic rings. The van der Waals surface area contributed by atoms with E-state index < -0.39 is 16.0 Å². The molecule has 0 spiro atoms. The lowest BCUT2D eigenvalue weighted by Gasteiger charge is -2.43. The Kier molecular flexibility index (Phi) is 3.79. The second-order valence-electron chi connectivity index (χ2n) is 5.92. The molecule has 0 saturated carbocycles. The van der Waals surface area contributed by atoms with Crippen molar-refractivity contribution in [3.8, 4) is 0 Å². The second-order valence-corrected chi connectivity index (χ2v) is 5.92. The van der Waals surface area contributed by atoms with Gasteiger partial charge in [0.05, 0.1) is 6.61 Å². The molecular weight excluding hydrogens is 266 g/mol. The number of fused-ring (bicyclic) bond motifs is 2. The highest BCUT2D eigenvalue weighted by Crippen LogP contribution is 2.36. The molecule has 0 aromatic rings. The third-order valence-electron chi connectivity index (χ3n) is 4.69. The minimum absolute atomic E-state index is 0.0537. The Morgan fingerprint density at radius 2 is 2.05 bits per heavy atom. The number of nitrogens with zero attached hydrogens (tertiary/aromatic N) is 2. The molecule has 20 heavy (non-hydrogen) atoms. The first-order valence-corrected chi connectivity index (χ1v) is 6.81. The van der Waals surface area contributed by atoms with Crippen molar-refractivity contribution in [3.05, 3.63) is 32.4 Å². The van der Waals surface area contributed by atoms with E-state index in [-0.39, 0.29) is 43.5 Å². The molecule has 0 aromatic heterocycles. The first-order valence-electron chi connectivity index (χ1n) is 6.81. The zero-order chi connectivity index (χ0) is 15.0. The second kappa shape index (κ2) is 5.10. The summed E-state index contributed by atoms with van der Waals surface area (Å²) >= 11 is 0. The normalized spacial score (nSPS) is 37.4. The highest BCUT2D eigenvalue weighted by atomic mass is 16.6. The molecule has 0 amide bonds. The van der Waals surface area contributed by atoms with Crippen LogP contribution < -0.4 is 4.90 Å². The van der Waals surface area contributed by atoms with Crippen LogP contribution in [0, 0.1) is 20.2 Å². The fourth-order valence-corrected chi connectivity index (χ4v) is 3.56. The molecule has 4 atom stereocenters. The summed E-state index contributed by atoms with van der Waals surface area (Å²) in [7, 11) is 0. The Morgan fingerprint density at radius 1 is 1.35 bits per heavy atom. The average molecular weight is 286 g/mol. The smallest absolute Gasteiger partial charge is 0.294 e. The Hall–Kier alpha value is -1.54. The van der Waals surface area contributed by atoms with E-state index in [0.717, 1.165) is 4.90 Å². The van der Waals surface area contributed by atoms with Gasteiger partial charge in [0.2, 0.25) is 0 Å². The quantitative estimate of drug-likeness (QED) is 0.384. The number of hydrogen-bond donors (Lipinski definition) is 2. The highest BCUT2D eigenvalue weighted by Gasteiger charge is 2.65. The molecule has 8 heteroatoms. The summed E-state index contributed by atoms with van der Waals surface area (Å²) < 4.78 is 0. The maximum absolute atomic E-state index is 11.5. The zero-order valence-corrected chi connectivity index (χ0v) is 11.4. The van der Waals surface area contributed by atoms with Gasteiger partial charge in [0.15, 0.2) is 6.54 Å². The van der Waals surface area contributed by atoms with E-state index in [1.807, 2.05) is 6.92 Å². The first-order chi connectivity index (χ1) is 9.39. The van der Waals surface area contributed by atoms with Gasteiger partial charge in [-0.05, 0) is 12.5 Å². The summed E-state index contributed by atoms with van der Waals surface area (Å²) in [5.41, 5.74) is -2.65. The van der Waals surface area contributed by atoms with Crippen molar-refractivity contribution in [2.75, 3.05) is 19.7 Å². The predicted molar refractivity (Wildman–Crippen MR) is 69.7 cm³/mol. The van der Waals surface area contributed by atoms with Gasteiger partial charge in [0, 0.05) is 16.3 Å². The lowest BCUT2D eigenvalue weighted by molar-refractivity contribution is -0.964. The van der Waals surface area contributed by atoms with Crippen LogP contribution in [0.3, 0.4) is 0 Å². The van der Waals surface area contributed by atoms with Crippen LogP contribution in [0.25, 0.3) is 0 Å². The molecule has 8 nitrogen and oxygen atoms in total. The monoisotopic (exact) mass is 286 g/mol. The lowest BCUT2D eigenvalue weighted by atomic mass is 9.71. The van der Waals surface area contributed by atoms with E-state index in [2.05, 4.69) is 0 Å². The number of aliphatic hydroxyl groups is 1. The fourth-order valence-electron chi connectivity index (χ4n) is 3.56. The summed E-state index contributed by atoms with van der Waals surface area (Å²) in [5, 5.41) is 32.3. The number of nitro groups is 2. The van der Waals surface area contributed by atoms with E-state index in [4.69, 9.17) is 0 Å². The van der Waals surface area contributed by atoms with Crippen molar-refractivity contribution in [3.63, 3.8) is 0 Å². The third-order valence-corrected chi connectivity index (χ3v) is 4.69. The van der Waals surface area contributed by atoms with Crippen molar-refractivity contribution in [2.24, 2.45) is 0 Å². The Bertz CT molecular complexity index is 450. The summed E-state index contributed by atoms with van der Waals surface area (Å²) in [6.07, 6.45) is 3.89. The van der Waals surface area contributed by atoms with Gasteiger partial charge in [-0.3, -0.25) is 20.2 Å². The van der Waals surface area contributed by atoms with Gasteiger partial charge >= 0.3 is 0 Å². The third kappa shape index (κ3) is 2.18. The van der Waals surface area contributed by atoms with Crippen LogP contribution in [0.1, 0.15) is 26.2 Å². The van der Waals surface area contributed by atoms with Gasteiger partial charge in [-0.2, -0.15) is 0 Å². The van der Waals surface area contributed by atoms with Crippen molar-refractivity contribution in [1.82, 2.24) is 0 Å². The molecule has 2 bridgehead atoms. The minimum atomic E-state index is -1.37. The maximum Gasteiger partial charge on any atom is 0.294 e. The largest absolute Gasteiger partial charge is 0.390 e. The number of hydrogen-bond acceptors (Lipinski definition) is 5. The molecule has 1 aliphatic carbocycles. The number of rotatable bonds is 5. The first kappa shape index (κ1) is 14.9. The summed E-state index contributed by atoms with van der Waals surface area (Å²) in [6.45, 7) is 2.20. The van der Waals surface area contributed by atoms with E-state index in [0.29, 0.717) is 6.42 Å². The molecule has 2 N–H and O–H groups in total. The summed E-state index contributed by atoms with van der Waals surface area (Å²) in [4.78, 5) is 22.9. The molecule has 1 unspecified atom stereocenters. The molecule has 1 fully saturated rings. The molecule has 112 valence electrons. The average Bonchev–Trinajstić information content (AvgIpc) is 2.39. The van der Waals surface area contributed by atoms with Crippen LogP contribution in [0.15, 0.2) is 12.2 Å². The Balaban J connectivity index is 2.41. The molecular formula is C12H20N3O5+. The van der Waals surface area contributed by atoms with Gasteiger partial charge in [-0.15, -0.1) is 0 Å². The summed E-state index contributed by atoms with van der Waals surface area (Å²) in [5.74, 6) is 0. The van der Waals surface area contributed by atoms with Gasteiger partial charge in [0.25, 0.3) is 11.1 Å². The predicted octanol–water partition coefficient (Wildman–Crippen LogP) is -0.963. The minimum Gasteiger partial charge on any atom is -0.390 e. The van der Waals surface area contributed by atoms with E-state index in [1.54, 1.807) is 6.08 Å². The molecule has 2 rings (SSSR count). The van der Waals surface area contributed by atoms with Crippen LogP contribution in [0.5, 0.6) is 0 Å². The van der Waals surface area contributed by atoms with Crippen molar-refractivity contribution < 1.29 is 19.9 Å². The zero-order valence-electron chi connectivity index (χ0n) is 11.4. The molecule has 1 aliphatic heterocycles. The van der Waals surface area contributed by atoms with E-state index in [1.165, 1.54) is 6.08 Å². The number of quaternary nitrogens is 1. The topological polar surface area (TPSA) is 111 Å². The van der Waals surface area contributed by atoms with Crippen LogP contribution in [0.4, 0.5) is 0 Å². The van der Waals surface area contributed by atoms with Crippen molar-refractivity contribution in [2.45, 2.75) is 43.3 Å². The number of piperidine rings is 1. The standard InChI is InChI=1S/C12H19N3O5/c1-2-10(6-16)13-8-11(14(17)18)4-3-5-12(7-11,9-13)15(19)20/h3-4,10,16H,2,5-9H2,1H3/p+1/t10-,11+,12-/m0/s1. The van der Waals surface area contributed by atoms with Crippen LogP contribution in [-0.4, -0.2) is 51.8 Å². The van der Waals surface area contributed by atoms with Gasteiger partial charge in [0.1, 0.15) is 19.0 Å². The van der Waals surface area contributed by atoms with Crippen LogP contribution in [0.2, 0.25) is 0 Å². The van der Waals surface area contributed by atoms with Gasteiger partial charge < -0.3 is 10.0 Å². The summed E-state index contributed by atoms with van der Waals surface area (Å²) in [6, 6.07) is -0.194. The van der Waals surface area contributed by atoms with E-state index in [9.17, 15) is 25.3 Å². The number of likely N-dealkylation sites (tertiary alicyclic amines) is 1. The number of aliphatic hydroxyl groups excluding tert-OH is 1.